The van der Waals surface area contributed by atoms with Crippen molar-refractivity contribution in [2.45, 2.75) is 6.10 Å². The second-order valence-electron chi connectivity index (χ2n) is 4.32. The minimum Gasteiger partial charge on any atom is -0.391 e. The van der Waals surface area contributed by atoms with Crippen molar-refractivity contribution < 1.29 is 9.90 Å². The number of β-amino-alcohol motifs (C(OH)–C–C–N with tert-alkyl or cyclic N) is 1. The van der Waals surface area contributed by atoms with Gasteiger partial charge >= 0.3 is 0 Å². The van der Waals surface area contributed by atoms with Crippen molar-refractivity contribution >= 4 is 45.8 Å². The van der Waals surface area contributed by atoms with E-state index in [0.717, 1.165) is 6.54 Å². The lowest BCUT2D eigenvalue weighted by molar-refractivity contribution is 0.0926. The van der Waals surface area contributed by atoms with E-state index in [1.807, 2.05) is 0 Å². The van der Waals surface area contributed by atoms with Gasteiger partial charge in [0.05, 0.1) is 11.7 Å². The van der Waals surface area contributed by atoms with Gasteiger partial charge in [-0.1, -0.05) is 11.6 Å². The SMILES string of the molecule is Cl.O=C(NCC1CNCC1O)c1cc(Cl)ccc1Br. The Morgan fingerprint density at radius 1 is 1.53 bits per heavy atom. The van der Waals surface area contributed by atoms with Gasteiger partial charge in [0, 0.05) is 35.0 Å². The molecule has 2 rings (SSSR count). The second kappa shape index (κ2) is 7.45. The lowest BCUT2D eigenvalue weighted by Gasteiger charge is -2.14. The zero-order valence-electron chi connectivity index (χ0n) is 10.0. The predicted octanol–water partition coefficient (Wildman–Crippen LogP) is 1.83. The fraction of sp³-hybridized carbons (Fsp3) is 0.417. The Balaban J connectivity index is 0.00000180. The van der Waals surface area contributed by atoms with Gasteiger partial charge in [-0.2, -0.15) is 0 Å². The fourth-order valence-electron chi connectivity index (χ4n) is 1.92. The standard InChI is InChI=1S/C12H14BrClN2O2.ClH/c13-10-2-1-8(14)3-9(10)12(18)16-5-7-4-15-6-11(7)17;/h1-3,7,11,15,17H,4-6H2,(H,16,18);1H. The molecule has 1 aliphatic rings. The molecule has 1 aliphatic heterocycles. The van der Waals surface area contributed by atoms with Crippen LogP contribution in [0.2, 0.25) is 5.02 Å². The third kappa shape index (κ3) is 4.33. The van der Waals surface area contributed by atoms with Crippen LogP contribution in [-0.2, 0) is 0 Å². The van der Waals surface area contributed by atoms with E-state index in [-0.39, 0.29) is 24.2 Å². The van der Waals surface area contributed by atoms with Crippen LogP contribution in [0.15, 0.2) is 22.7 Å². The molecule has 1 fully saturated rings. The highest BCUT2D eigenvalue weighted by molar-refractivity contribution is 9.10. The Hall–Kier alpha value is -0.330. The van der Waals surface area contributed by atoms with E-state index in [1.165, 1.54) is 0 Å². The van der Waals surface area contributed by atoms with Crippen molar-refractivity contribution in [3.05, 3.63) is 33.3 Å². The number of hydrogen-bond acceptors (Lipinski definition) is 3. The quantitative estimate of drug-likeness (QED) is 0.761. The van der Waals surface area contributed by atoms with Crippen LogP contribution in [0.1, 0.15) is 10.4 Å². The zero-order chi connectivity index (χ0) is 13.1. The average molecular weight is 370 g/mol. The molecule has 106 valence electrons. The Kier molecular flexibility index (Phi) is 6.56. The number of carbonyl (C=O) groups excluding carboxylic acids is 1. The first-order valence-electron chi connectivity index (χ1n) is 5.70. The minimum atomic E-state index is -0.395. The number of rotatable bonds is 3. The lowest BCUT2D eigenvalue weighted by Crippen LogP contribution is -2.34. The smallest absolute Gasteiger partial charge is 0.252 e. The summed E-state index contributed by atoms with van der Waals surface area (Å²) in [4.78, 5) is 12.0. The summed E-state index contributed by atoms with van der Waals surface area (Å²) in [6.07, 6.45) is -0.395. The number of halogens is 3. The molecule has 19 heavy (non-hydrogen) atoms. The average Bonchev–Trinajstić information content (AvgIpc) is 2.75. The van der Waals surface area contributed by atoms with Gasteiger partial charge in [0.15, 0.2) is 0 Å². The molecule has 0 spiro atoms. The van der Waals surface area contributed by atoms with E-state index < -0.39 is 6.10 Å². The summed E-state index contributed by atoms with van der Waals surface area (Å²) in [5, 5.41) is 16.0. The van der Waals surface area contributed by atoms with Crippen LogP contribution in [-0.4, -0.2) is 36.8 Å². The van der Waals surface area contributed by atoms with Crippen LogP contribution in [0.25, 0.3) is 0 Å². The van der Waals surface area contributed by atoms with Gasteiger partial charge < -0.3 is 15.7 Å². The summed E-state index contributed by atoms with van der Waals surface area (Å²) in [6.45, 7) is 1.76. The highest BCUT2D eigenvalue weighted by Crippen LogP contribution is 2.21. The summed E-state index contributed by atoms with van der Waals surface area (Å²) in [6, 6.07) is 5.07. The van der Waals surface area contributed by atoms with Gasteiger partial charge in [-0.25, -0.2) is 0 Å². The largest absolute Gasteiger partial charge is 0.391 e. The topological polar surface area (TPSA) is 61.4 Å². The van der Waals surface area contributed by atoms with Crippen molar-refractivity contribution in [2.75, 3.05) is 19.6 Å². The van der Waals surface area contributed by atoms with Gasteiger partial charge in [0.2, 0.25) is 0 Å². The summed E-state index contributed by atoms with van der Waals surface area (Å²) in [5.41, 5.74) is 0.503. The molecule has 0 radical (unpaired) electrons. The molecule has 0 saturated carbocycles. The molecule has 2 atom stereocenters. The molecule has 1 heterocycles. The molecular weight excluding hydrogens is 355 g/mol. The van der Waals surface area contributed by atoms with Crippen LogP contribution >= 0.6 is 39.9 Å². The van der Waals surface area contributed by atoms with Crippen molar-refractivity contribution in [1.82, 2.24) is 10.6 Å². The summed E-state index contributed by atoms with van der Waals surface area (Å²) in [7, 11) is 0. The summed E-state index contributed by atoms with van der Waals surface area (Å²) >= 11 is 9.18. The van der Waals surface area contributed by atoms with Crippen molar-refractivity contribution in [3.63, 3.8) is 0 Å². The Morgan fingerprint density at radius 3 is 2.89 bits per heavy atom. The molecule has 7 heteroatoms. The van der Waals surface area contributed by atoms with Crippen LogP contribution < -0.4 is 10.6 Å². The zero-order valence-corrected chi connectivity index (χ0v) is 13.2. The third-order valence-electron chi connectivity index (χ3n) is 3.00. The summed E-state index contributed by atoms with van der Waals surface area (Å²) < 4.78 is 0.703. The fourth-order valence-corrected chi connectivity index (χ4v) is 2.52. The monoisotopic (exact) mass is 368 g/mol. The van der Waals surface area contributed by atoms with Crippen LogP contribution in [0.3, 0.4) is 0 Å². The van der Waals surface area contributed by atoms with Gasteiger partial charge in [-0.05, 0) is 34.1 Å². The van der Waals surface area contributed by atoms with E-state index in [9.17, 15) is 9.90 Å². The maximum absolute atomic E-state index is 12.0. The lowest BCUT2D eigenvalue weighted by atomic mass is 10.1. The molecular formula is C12H15BrCl2N2O2. The van der Waals surface area contributed by atoms with Crippen LogP contribution in [0.4, 0.5) is 0 Å². The Labute approximate surface area is 131 Å². The Morgan fingerprint density at radius 2 is 2.26 bits per heavy atom. The van der Waals surface area contributed by atoms with E-state index in [0.29, 0.717) is 28.1 Å². The first kappa shape index (κ1) is 16.7. The maximum Gasteiger partial charge on any atom is 0.252 e. The molecule has 2 unspecified atom stereocenters. The molecule has 1 aromatic rings. The molecule has 0 bridgehead atoms. The van der Waals surface area contributed by atoms with Crippen molar-refractivity contribution in [2.24, 2.45) is 5.92 Å². The van der Waals surface area contributed by atoms with Gasteiger partial charge in [0.25, 0.3) is 5.91 Å². The highest BCUT2D eigenvalue weighted by atomic mass is 79.9. The van der Waals surface area contributed by atoms with Crippen molar-refractivity contribution in [1.29, 1.82) is 0 Å². The molecule has 1 aromatic carbocycles. The van der Waals surface area contributed by atoms with Gasteiger partial charge in [-0.15, -0.1) is 12.4 Å². The predicted molar refractivity (Wildman–Crippen MR) is 81.1 cm³/mol. The normalized spacial score (nSPS) is 21.8. The molecule has 3 N–H and O–H groups in total. The maximum atomic E-state index is 12.0. The minimum absolute atomic E-state index is 0. The first-order chi connectivity index (χ1) is 8.58. The van der Waals surface area contributed by atoms with Gasteiger partial charge in [-0.3, -0.25) is 4.79 Å². The highest BCUT2D eigenvalue weighted by Gasteiger charge is 2.25. The number of hydrogen-bond donors (Lipinski definition) is 3. The molecule has 0 aliphatic carbocycles. The number of carbonyl (C=O) groups is 1. The van der Waals surface area contributed by atoms with Crippen LogP contribution in [0, 0.1) is 5.92 Å². The van der Waals surface area contributed by atoms with E-state index in [1.54, 1.807) is 18.2 Å². The van der Waals surface area contributed by atoms with Crippen LogP contribution in [0.5, 0.6) is 0 Å². The number of amides is 1. The Bertz CT molecular complexity index is 459. The van der Waals surface area contributed by atoms with Crippen molar-refractivity contribution in [3.8, 4) is 0 Å². The van der Waals surface area contributed by atoms with Gasteiger partial charge in [0.1, 0.15) is 0 Å². The summed E-state index contributed by atoms with van der Waals surface area (Å²) in [5.74, 6) is -0.129. The number of benzene rings is 1. The molecule has 1 amide bonds. The number of nitrogens with one attached hydrogen (secondary N) is 2. The van der Waals surface area contributed by atoms with E-state index >= 15 is 0 Å². The second-order valence-corrected chi connectivity index (χ2v) is 5.61. The number of aliphatic hydroxyl groups excluding tert-OH is 1. The molecule has 1 saturated heterocycles. The molecule has 4 nitrogen and oxygen atoms in total. The van der Waals surface area contributed by atoms with E-state index in [4.69, 9.17) is 11.6 Å². The first-order valence-corrected chi connectivity index (χ1v) is 6.87. The van der Waals surface area contributed by atoms with E-state index in [2.05, 4.69) is 26.6 Å². The third-order valence-corrected chi connectivity index (χ3v) is 3.93. The molecule has 0 aromatic heterocycles. The number of aliphatic hydroxyl groups is 1.